The molecular formula is C23H28N4O2. The van der Waals surface area contributed by atoms with Crippen molar-refractivity contribution in [1.82, 2.24) is 14.9 Å². The minimum atomic E-state index is 0.101. The average Bonchev–Trinajstić information content (AvgIpc) is 3.42. The predicted molar refractivity (Wildman–Crippen MR) is 111 cm³/mol. The molecule has 3 heterocycles. The Kier molecular flexibility index (Phi) is 4.45. The summed E-state index contributed by atoms with van der Waals surface area (Å²) in [6.45, 7) is 6.41. The number of amides is 1. The zero-order valence-electron chi connectivity index (χ0n) is 17.4. The van der Waals surface area contributed by atoms with E-state index >= 15 is 0 Å². The fourth-order valence-electron chi connectivity index (χ4n) is 5.51. The van der Waals surface area contributed by atoms with Crippen LogP contribution in [0.4, 0.5) is 5.95 Å². The molecule has 2 fully saturated rings. The van der Waals surface area contributed by atoms with E-state index in [0.29, 0.717) is 11.8 Å². The summed E-state index contributed by atoms with van der Waals surface area (Å²) in [6.07, 6.45) is 3.37. The van der Waals surface area contributed by atoms with Gasteiger partial charge < -0.3 is 14.5 Å². The number of rotatable bonds is 3. The summed E-state index contributed by atoms with van der Waals surface area (Å²) in [5, 5.41) is 0. The van der Waals surface area contributed by atoms with Crippen LogP contribution < -0.4 is 9.64 Å². The molecule has 2 aliphatic heterocycles. The summed E-state index contributed by atoms with van der Waals surface area (Å²) in [4.78, 5) is 26.5. The normalized spacial score (nSPS) is 25.3. The van der Waals surface area contributed by atoms with Gasteiger partial charge in [-0.3, -0.25) is 4.79 Å². The van der Waals surface area contributed by atoms with E-state index in [1.54, 1.807) is 14.0 Å². The number of anilines is 1. The number of likely N-dealkylation sites (tertiary alicyclic amines) is 1. The van der Waals surface area contributed by atoms with Gasteiger partial charge in [0.25, 0.3) is 0 Å². The lowest BCUT2D eigenvalue weighted by atomic mass is 9.89. The molecule has 5 rings (SSSR count). The van der Waals surface area contributed by atoms with Crippen molar-refractivity contribution in [2.45, 2.75) is 39.2 Å². The first-order valence-electron chi connectivity index (χ1n) is 10.6. The summed E-state index contributed by atoms with van der Waals surface area (Å²) < 4.78 is 5.31. The number of hydrogen-bond acceptors (Lipinski definition) is 5. The molecule has 1 aromatic heterocycles. The molecule has 0 unspecified atom stereocenters. The van der Waals surface area contributed by atoms with Gasteiger partial charge >= 0.3 is 0 Å². The number of fused-ring (bicyclic) bond motifs is 2. The molecule has 1 aromatic carbocycles. The Morgan fingerprint density at radius 1 is 1.10 bits per heavy atom. The van der Waals surface area contributed by atoms with Crippen LogP contribution in [0.1, 0.15) is 41.9 Å². The van der Waals surface area contributed by atoms with E-state index in [0.717, 1.165) is 49.9 Å². The number of carbonyl (C=O) groups excluding carboxylic acids is 1. The minimum Gasteiger partial charge on any atom is -0.497 e. The smallest absolute Gasteiger partial charge is 0.225 e. The van der Waals surface area contributed by atoms with E-state index in [4.69, 9.17) is 14.7 Å². The molecule has 3 aliphatic rings. The molecule has 29 heavy (non-hydrogen) atoms. The van der Waals surface area contributed by atoms with Gasteiger partial charge in [0, 0.05) is 49.8 Å². The Bertz CT molecular complexity index is 943. The summed E-state index contributed by atoms with van der Waals surface area (Å²) >= 11 is 0. The molecule has 1 amide bonds. The lowest BCUT2D eigenvalue weighted by Crippen LogP contribution is -2.34. The van der Waals surface area contributed by atoms with Crippen LogP contribution in [-0.4, -0.2) is 47.5 Å². The van der Waals surface area contributed by atoms with E-state index in [1.807, 2.05) is 17.0 Å². The van der Waals surface area contributed by atoms with Crippen molar-refractivity contribution in [1.29, 1.82) is 0 Å². The number of nitrogens with zero attached hydrogens (tertiary/aromatic N) is 4. The fourth-order valence-corrected chi connectivity index (χ4v) is 5.51. The topological polar surface area (TPSA) is 58.6 Å². The monoisotopic (exact) mass is 392 g/mol. The van der Waals surface area contributed by atoms with Gasteiger partial charge in [-0.15, -0.1) is 0 Å². The van der Waals surface area contributed by atoms with Crippen molar-refractivity contribution in [3.8, 4) is 5.75 Å². The largest absolute Gasteiger partial charge is 0.497 e. The van der Waals surface area contributed by atoms with Gasteiger partial charge in [0.1, 0.15) is 5.75 Å². The van der Waals surface area contributed by atoms with Crippen LogP contribution in [0.15, 0.2) is 24.3 Å². The first kappa shape index (κ1) is 18.4. The second-order valence-corrected chi connectivity index (χ2v) is 8.61. The molecule has 6 heteroatoms. The van der Waals surface area contributed by atoms with Crippen LogP contribution >= 0.6 is 0 Å². The van der Waals surface area contributed by atoms with E-state index in [-0.39, 0.29) is 11.9 Å². The molecule has 3 atom stereocenters. The van der Waals surface area contributed by atoms with Crippen LogP contribution in [0.25, 0.3) is 0 Å². The molecule has 0 radical (unpaired) electrons. The minimum absolute atomic E-state index is 0.101. The number of methoxy groups -OCH3 is 1. The van der Waals surface area contributed by atoms with Gasteiger partial charge in [0.2, 0.25) is 11.9 Å². The Hall–Kier alpha value is -2.63. The average molecular weight is 393 g/mol. The fraction of sp³-hybridized carbons (Fsp3) is 0.522. The Morgan fingerprint density at radius 2 is 1.90 bits per heavy atom. The Labute approximate surface area is 171 Å². The number of hydrogen-bond donors (Lipinski definition) is 0. The number of carbonyl (C=O) groups is 1. The quantitative estimate of drug-likeness (QED) is 0.804. The van der Waals surface area contributed by atoms with Crippen LogP contribution in [0.5, 0.6) is 5.75 Å². The number of benzene rings is 1. The van der Waals surface area contributed by atoms with E-state index < -0.39 is 0 Å². The van der Waals surface area contributed by atoms with Gasteiger partial charge in [-0.25, -0.2) is 9.97 Å². The highest BCUT2D eigenvalue weighted by atomic mass is 16.5. The molecular weight excluding hydrogens is 364 g/mol. The van der Waals surface area contributed by atoms with Gasteiger partial charge in [-0.1, -0.05) is 12.1 Å². The van der Waals surface area contributed by atoms with Gasteiger partial charge in [0.15, 0.2) is 0 Å². The van der Waals surface area contributed by atoms with Crippen LogP contribution in [0, 0.1) is 18.8 Å². The molecule has 2 saturated heterocycles. The summed E-state index contributed by atoms with van der Waals surface area (Å²) in [5.41, 5.74) is 4.91. The van der Waals surface area contributed by atoms with E-state index in [2.05, 4.69) is 24.0 Å². The first-order chi connectivity index (χ1) is 14.0. The Balaban J connectivity index is 1.43. The molecule has 6 nitrogen and oxygen atoms in total. The number of aryl methyl sites for hydroxylation is 2. The standard InChI is InChI=1S/C23H28N4O2/c1-14-19-5-4-6-21(19)25-23(24-14)26-11-17-12-27(15(2)28)22(20(17)13-26)16-7-9-18(29-3)10-8-16/h7-10,17,20,22H,4-6,11-13H2,1-3H3/t17-,20-,22+/m1/s1. The maximum absolute atomic E-state index is 12.4. The number of ether oxygens (including phenoxy) is 1. The molecule has 0 spiro atoms. The van der Waals surface area contributed by atoms with Crippen molar-refractivity contribution in [3.05, 3.63) is 46.8 Å². The van der Waals surface area contributed by atoms with Crippen molar-refractivity contribution < 1.29 is 9.53 Å². The third-order valence-electron chi connectivity index (χ3n) is 6.94. The zero-order valence-corrected chi connectivity index (χ0v) is 17.4. The highest BCUT2D eigenvalue weighted by Crippen LogP contribution is 2.46. The molecule has 1 aliphatic carbocycles. The first-order valence-corrected chi connectivity index (χ1v) is 10.6. The highest BCUT2D eigenvalue weighted by molar-refractivity contribution is 5.74. The molecule has 152 valence electrons. The van der Waals surface area contributed by atoms with E-state index in [1.165, 1.54) is 23.2 Å². The summed E-state index contributed by atoms with van der Waals surface area (Å²) in [5.74, 6) is 2.71. The molecule has 2 aromatic rings. The number of aromatic nitrogens is 2. The summed E-state index contributed by atoms with van der Waals surface area (Å²) in [7, 11) is 1.68. The van der Waals surface area contributed by atoms with E-state index in [9.17, 15) is 4.79 Å². The SMILES string of the molecule is COc1ccc([C@H]2[C@@H]3CN(c4nc(C)c5c(n4)CCC5)C[C@@H]3CN2C(C)=O)cc1. The van der Waals surface area contributed by atoms with Crippen molar-refractivity contribution >= 4 is 11.9 Å². The third kappa shape index (κ3) is 3.05. The molecule has 0 N–H and O–H groups in total. The van der Waals surface area contributed by atoms with Gasteiger partial charge in [-0.2, -0.15) is 0 Å². The van der Waals surface area contributed by atoms with Gasteiger partial charge in [0.05, 0.1) is 13.2 Å². The van der Waals surface area contributed by atoms with Crippen LogP contribution in [0.2, 0.25) is 0 Å². The molecule has 0 bridgehead atoms. The van der Waals surface area contributed by atoms with Gasteiger partial charge in [-0.05, 0) is 49.4 Å². The zero-order chi connectivity index (χ0) is 20.1. The second-order valence-electron chi connectivity index (χ2n) is 8.61. The lowest BCUT2D eigenvalue weighted by molar-refractivity contribution is -0.130. The Morgan fingerprint density at radius 3 is 2.62 bits per heavy atom. The van der Waals surface area contributed by atoms with Crippen LogP contribution in [0.3, 0.4) is 0 Å². The maximum atomic E-state index is 12.4. The lowest BCUT2D eigenvalue weighted by Gasteiger charge is -2.29. The maximum Gasteiger partial charge on any atom is 0.225 e. The van der Waals surface area contributed by atoms with Crippen LogP contribution in [-0.2, 0) is 17.6 Å². The van der Waals surface area contributed by atoms with Crippen molar-refractivity contribution in [2.24, 2.45) is 11.8 Å². The predicted octanol–water partition coefficient (Wildman–Crippen LogP) is 2.94. The summed E-state index contributed by atoms with van der Waals surface area (Å²) in [6, 6.07) is 8.27. The van der Waals surface area contributed by atoms with Crippen molar-refractivity contribution in [2.75, 3.05) is 31.6 Å². The van der Waals surface area contributed by atoms with Crippen molar-refractivity contribution in [3.63, 3.8) is 0 Å². The third-order valence-corrected chi connectivity index (χ3v) is 6.94. The highest BCUT2D eigenvalue weighted by Gasteiger charge is 2.49. The second kappa shape index (κ2) is 7.01. The molecule has 0 saturated carbocycles.